The molecule has 2 rings (SSSR count). The first-order chi connectivity index (χ1) is 13.9. The SMILES string of the molecule is O=C(O)CCCCCCCCC(=O)O.O=C(c1ccccc1)c1ccc(O)cc1. The molecular weight excluding hydrogens is 372 g/mol. The number of unbranched alkanes of at least 4 members (excludes halogenated alkanes) is 5. The summed E-state index contributed by atoms with van der Waals surface area (Å²) in [7, 11) is 0. The predicted molar refractivity (Wildman–Crippen MR) is 110 cm³/mol. The summed E-state index contributed by atoms with van der Waals surface area (Å²) in [6.45, 7) is 0. The first-order valence-electron chi connectivity index (χ1n) is 9.72. The van der Waals surface area contributed by atoms with Gasteiger partial charge < -0.3 is 15.3 Å². The van der Waals surface area contributed by atoms with Gasteiger partial charge in [0, 0.05) is 24.0 Å². The number of benzene rings is 2. The highest BCUT2D eigenvalue weighted by Gasteiger charge is 2.07. The predicted octanol–water partition coefficient (Wildman–Crippen LogP) is 4.90. The van der Waals surface area contributed by atoms with Crippen molar-refractivity contribution in [2.24, 2.45) is 0 Å². The summed E-state index contributed by atoms with van der Waals surface area (Å²) in [5.41, 5.74) is 1.24. The molecule has 0 spiro atoms. The van der Waals surface area contributed by atoms with Crippen molar-refractivity contribution in [1.29, 1.82) is 0 Å². The van der Waals surface area contributed by atoms with Gasteiger partial charge >= 0.3 is 11.9 Å². The van der Waals surface area contributed by atoms with Gasteiger partial charge in [0.15, 0.2) is 5.78 Å². The zero-order chi connectivity index (χ0) is 21.5. The van der Waals surface area contributed by atoms with Crippen LogP contribution in [0.3, 0.4) is 0 Å². The lowest BCUT2D eigenvalue weighted by atomic mass is 10.0. The molecule has 156 valence electrons. The highest BCUT2D eigenvalue weighted by atomic mass is 16.4. The quantitative estimate of drug-likeness (QED) is 0.365. The van der Waals surface area contributed by atoms with Crippen LogP contribution in [-0.2, 0) is 9.59 Å². The standard InChI is InChI=1S/C13H10O2.C10H18O4/c14-12-8-6-11(7-9-12)13(15)10-4-2-1-3-5-10;11-9(12)7-5-3-1-2-4-6-8-10(13)14/h1-9,14H;1-8H2,(H,11,12)(H,13,14). The van der Waals surface area contributed by atoms with Crippen molar-refractivity contribution >= 4 is 17.7 Å². The van der Waals surface area contributed by atoms with Crippen LogP contribution in [0.5, 0.6) is 5.75 Å². The summed E-state index contributed by atoms with van der Waals surface area (Å²) in [5.74, 6) is -1.35. The zero-order valence-corrected chi connectivity index (χ0v) is 16.4. The van der Waals surface area contributed by atoms with E-state index in [-0.39, 0.29) is 24.4 Å². The van der Waals surface area contributed by atoms with E-state index in [1.165, 1.54) is 12.1 Å². The van der Waals surface area contributed by atoms with Crippen LogP contribution in [0.2, 0.25) is 0 Å². The molecule has 0 amide bonds. The number of aliphatic carboxylic acids is 2. The van der Waals surface area contributed by atoms with Gasteiger partial charge in [-0.25, -0.2) is 0 Å². The smallest absolute Gasteiger partial charge is 0.303 e. The molecule has 29 heavy (non-hydrogen) atoms. The molecule has 0 bridgehead atoms. The summed E-state index contributed by atoms with van der Waals surface area (Å²) >= 11 is 0. The number of carbonyl (C=O) groups excluding carboxylic acids is 1. The van der Waals surface area contributed by atoms with Crippen LogP contribution in [-0.4, -0.2) is 33.0 Å². The molecule has 0 aromatic heterocycles. The molecule has 6 nitrogen and oxygen atoms in total. The highest BCUT2D eigenvalue weighted by molar-refractivity contribution is 6.08. The van der Waals surface area contributed by atoms with Gasteiger partial charge in [0.05, 0.1) is 0 Å². The van der Waals surface area contributed by atoms with Gasteiger partial charge in [-0.15, -0.1) is 0 Å². The van der Waals surface area contributed by atoms with Gasteiger partial charge in [-0.2, -0.15) is 0 Å². The fraction of sp³-hybridized carbons (Fsp3) is 0.348. The molecule has 0 aliphatic heterocycles. The molecule has 0 heterocycles. The lowest BCUT2D eigenvalue weighted by molar-refractivity contribution is -0.138. The zero-order valence-electron chi connectivity index (χ0n) is 16.4. The summed E-state index contributed by atoms with van der Waals surface area (Å²) in [5, 5.41) is 25.8. The minimum atomic E-state index is -0.740. The third kappa shape index (κ3) is 11.3. The van der Waals surface area contributed by atoms with Gasteiger partial charge in [0.1, 0.15) is 5.75 Å². The molecule has 0 aliphatic carbocycles. The Morgan fingerprint density at radius 2 is 1.00 bits per heavy atom. The highest BCUT2D eigenvalue weighted by Crippen LogP contribution is 2.13. The van der Waals surface area contributed by atoms with E-state index in [0.29, 0.717) is 11.1 Å². The summed E-state index contributed by atoms with van der Waals surface area (Å²) in [6.07, 6.45) is 5.82. The van der Waals surface area contributed by atoms with Crippen molar-refractivity contribution in [3.8, 4) is 5.75 Å². The Labute approximate surface area is 170 Å². The second kappa shape index (κ2) is 13.9. The number of hydrogen-bond acceptors (Lipinski definition) is 4. The van der Waals surface area contributed by atoms with Crippen LogP contribution in [0, 0.1) is 0 Å². The number of phenolic OH excluding ortho intramolecular Hbond substituents is 1. The number of phenols is 1. The van der Waals surface area contributed by atoms with E-state index in [2.05, 4.69) is 0 Å². The average molecular weight is 400 g/mol. The molecule has 0 saturated heterocycles. The maximum absolute atomic E-state index is 11.9. The van der Waals surface area contributed by atoms with Crippen molar-refractivity contribution in [2.75, 3.05) is 0 Å². The molecule has 0 atom stereocenters. The number of carboxylic acids is 2. The molecule has 0 saturated carbocycles. The van der Waals surface area contributed by atoms with Crippen molar-refractivity contribution in [3.63, 3.8) is 0 Å². The number of carboxylic acid groups (broad SMARTS) is 2. The van der Waals surface area contributed by atoms with E-state index in [9.17, 15) is 14.4 Å². The van der Waals surface area contributed by atoms with Crippen LogP contribution in [0.15, 0.2) is 54.6 Å². The van der Waals surface area contributed by atoms with Crippen molar-refractivity contribution < 1.29 is 29.7 Å². The van der Waals surface area contributed by atoms with Gasteiger partial charge in [0.2, 0.25) is 0 Å². The molecule has 0 fully saturated rings. The average Bonchev–Trinajstić information content (AvgIpc) is 2.71. The van der Waals surface area contributed by atoms with Gasteiger partial charge in [-0.1, -0.05) is 56.0 Å². The maximum atomic E-state index is 11.9. The Hall–Kier alpha value is -3.15. The monoisotopic (exact) mass is 400 g/mol. The number of carbonyl (C=O) groups is 3. The Balaban J connectivity index is 0.000000291. The van der Waals surface area contributed by atoms with E-state index in [4.69, 9.17) is 15.3 Å². The van der Waals surface area contributed by atoms with Crippen LogP contribution >= 0.6 is 0 Å². The molecular formula is C23H28O6. The molecule has 6 heteroatoms. The third-order valence-corrected chi connectivity index (χ3v) is 4.20. The third-order valence-electron chi connectivity index (χ3n) is 4.20. The molecule has 2 aromatic rings. The molecule has 0 radical (unpaired) electrons. The number of hydrogen-bond donors (Lipinski definition) is 3. The van der Waals surface area contributed by atoms with Crippen molar-refractivity contribution in [2.45, 2.75) is 51.4 Å². The normalized spacial score (nSPS) is 9.93. The van der Waals surface area contributed by atoms with Crippen molar-refractivity contribution in [3.05, 3.63) is 65.7 Å². The summed E-state index contributed by atoms with van der Waals surface area (Å²) in [4.78, 5) is 32.2. The lowest BCUT2D eigenvalue weighted by Crippen LogP contribution is -1.99. The van der Waals surface area contributed by atoms with Crippen LogP contribution < -0.4 is 0 Å². The molecule has 3 N–H and O–H groups in total. The molecule has 0 aliphatic rings. The fourth-order valence-electron chi connectivity index (χ4n) is 2.63. The van der Waals surface area contributed by atoms with Gasteiger partial charge in [0.25, 0.3) is 0 Å². The second-order valence-corrected chi connectivity index (χ2v) is 6.65. The number of ketones is 1. The van der Waals surface area contributed by atoms with Crippen molar-refractivity contribution in [1.82, 2.24) is 0 Å². The Morgan fingerprint density at radius 3 is 1.45 bits per heavy atom. The summed E-state index contributed by atoms with van der Waals surface area (Å²) < 4.78 is 0. The second-order valence-electron chi connectivity index (χ2n) is 6.65. The van der Waals surface area contributed by atoms with E-state index in [0.717, 1.165) is 38.5 Å². The molecule has 2 aromatic carbocycles. The van der Waals surface area contributed by atoms with Crippen LogP contribution in [0.4, 0.5) is 0 Å². The van der Waals surface area contributed by atoms with E-state index in [1.807, 2.05) is 18.2 Å². The Bertz CT molecular complexity index is 733. The Morgan fingerprint density at radius 1 is 0.586 bits per heavy atom. The lowest BCUT2D eigenvalue weighted by Gasteiger charge is -2.00. The number of rotatable bonds is 11. The van der Waals surface area contributed by atoms with Crippen LogP contribution in [0.25, 0.3) is 0 Å². The van der Waals surface area contributed by atoms with Gasteiger partial charge in [-0.3, -0.25) is 14.4 Å². The first kappa shape index (κ1) is 23.9. The topological polar surface area (TPSA) is 112 Å². The summed E-state index contributed by atoms with van der Waals surface area (Å²) in [6, 6.07) is 15.3. The van der Waals surface area contributed by atoms with Crippen LogP contribution in [0.1, 0.15) is 67.3 Å². The number of aromatic hydroxyl groups is 1. The van der Waals surface area contributed by atoms with E-state index < -0.39 is 11.9 Å². The minimum Gasteiger partial charge on any atom is -0.508 e. The van der Waals surface area contributed by atoms with E-state index >= 15 is 0 Å². The maximum Gasteiger partial charge on any atom is 0.303 e. The fourth-order valence-corrected chi connectivity index (χ4v) is 2.63. The minimum absolute atomic E-state index is 0.0319. The Kier molecular flexibility index (Phi) is 11.5. The largest absolute Gasteiger partial charge is 0.508 e. The first-order valence-corrected chi connectivity index (χ1v) is 9.72. The van der Waals surface area contributed by atoms with Gasteiger partial charge in [-0.05, 0) is 37.1 Å². The van der Waals surface area contributed by atoms with E-state index in [1.54, 1.807) is 24.3 Å². The molecule has 0 unspecified atom stereocenters.